The lowest BCUT2D eigenvalue weighted by Crippen LogP contribution is -2.31. The largest absolute Gasteiger partial charge is 0.478 e. The first-order valence-corrected chi connectivity index (χ1v) is 4.76. The minimum Gasteiger partial charge on any atom is -0.478 e. The van der Waals surface area contributed by atoms with E-state index < -0.39 is 5.97 Å². The van der Waals surface area contributed by atoms with E-state index in [9.17, 15) is 4.79 Å². The summed E-state index contributed by atoms with van der Waals surface area (Å²) in [5, 5.41) is 11.7. The number of carbonyl (C=O) groups is 1. The molecule has 82 valence electrons. The van der Waals surface area contributed by atoms with Crippen LogP contribution in [0.2, 0.25) is 0 Å². The number of nitrogens with one attached hydrogen (secondary N) is 1. The van der Waals surface area contributed by atoms with Crippen LogP contribution in [0.5, 0.6) is 0 Å². The van der Waals surface area contributed by atoms with Gasteiger partial charge in [-0.05, 0) is 19.1 Å². The number of hydrogen-bond acceptors (Lipinski definition) is 3. The van der Waals surface area contributed by atoms with Crippen LogP contribution in [0.25, 0.3) is 0 Å². The zero-order valence-electron chi connectivity index (χ0n) is 8.69. The van der Waals surface area contributed by atoms with Crippen LogP contribution in [-0.4, -0.2) is 23.7 Å². The molecule has 15 heavy (non-hydrogen) atoms. The summed E-state index contributed by atoms with van der Waals surface area (Å²) in [4.78, 5) is 10.5. The molecule has 0 spiro atoms. The molecule has 0 aliphatic heterocycles. The van der Waals surface area contributed by atoms with Crippen LogP contribution in [-0.2, 0) is 11.2 Å². The second-order valence-corrected chi connectivity index (χ2v) is 3.47. The molecule has 1 aromatic rings. The highest BCUT2D eigenvalue weighted by Gasteiger charge is 2.08. The van der Waals surface area contributed by atoms with Crippen molar-refractivity contribution in [1.82, 2.24) is 5.32 Å². The van der Waals surface area contributed by atoms with E-state index in [4.69, 9.17) is 9.52 Å². The molecule has 0 aliphatic rings. The quantitative estimate of drug-likeness (QED) is 0.696. The molecule has 0 bridgehead atoms. The highest BCUT2D eigenvalue weighted by molar-refractivity contribution is 5.86. The van der Waals surface area contributed by atoms with E-state index in [0.29, 0.717) is 0 Å². The van der Waals surface area contributed by atoms with E-state index >= 15 is 0 Å². The molecule has 0 saturated carbocycles. The normalized spacial score (nSPS) is 12.3. The lowest BCUT2D eigenvalue weighted by Gasteiger charge is -2.11. The Morgan fingerprint density at radius 2 is 2.47 bits per heavy atom. The predicted octanol–water partition coefficient (Wildman–Crippen LogP) is 1.44. The first-order chi connectivity index (χ1) is 7.09. The third-order valence-corrected chi connectivity index (χ3v) is 2.05. The SMILES string of the molecule is C=C(CNC(C)Cc1ccco1)C(=O)O. The number of carboxylic acid groups (broad SMARTS) is 1. The molecule has 1 heterocycles. The van der Waals surface area contributed by atoms with Crippen LogP contribution in [0.15, 0.2) is 35.0 Å². The summed E-state index contributed by atoms with van der Waals surface area (Å²) >= 11 is 0. The lowest BCUT2D eigenvalue weighted by atomic mass is 10.2. The van der Waals surface area contributed by atoms with Gasteiger partial charge < -0.3 is 14.8 Å². The summed E-state index contributed by atoms with van der Waals surface area (Å²) in [5.41, 5.74) is 0.168. The highest BCUT2D eigenvalue weighted by Crippen LogP contribution is 2.03. The molecule has 0 aliphatic carbocycles. The monoisotopic (exact) mass is 209 g/mol. The molecule has 1 atom stereocenters. The smallest absolute Gasteiger partial charge is 0.332 e. The van der Waals surface area contributed by atoms with E-state index in [1.807, 2.05) is 19.1 Å². The molecule has 0 radical (unpaired) electrons. The maximum absolute atomic E-state index is 10.5. The number of furan rings is 1. The van der Waals surface area contributed by atoms with Crippen LogP contribution in [0.4, 0.5) is 0 Å². The van der Waals surface area contributed by atoms with Crippen LogP contribution < -0.4 is 5.32 Å². The minimum atomic E-state index is -0.965. The summed E-state index contributed by atoms with van der Waals surface area (Å²) < 4.78 is 5.18. The summed E-state index contributed by atoms with van der Waals surface area (Å²) in [6.45, 7) is 5.70. The third kappa shape index (κ3) is 3.99. The zero-order valence-corrected chi connectivity index (χ0v) is 8.69. The average molecular weight is 209 g/mol. The van der Waals surface area contributed by atoms with Gasteiger partial charge in [-0.15, -0.1) is 0 Å². The van der Waals surface area contributed by atoms with Gasteiger partial charge in [-0.2, -0.15) is 0 Å². The van der Waals surface area contributed by atoms with Crippen LogP contribution in [0, 0.1) is 0 Å². The van der Waals surface area contributed by atoms with Gasteiger partial charge in [0.05, 0.1) is 6.26 Å². The van der Waals surface area contributed by atoms with Crippen molar-refractivity contribution >= 4 is 5.97 Å². The molecule has 0 amide bonds. The molecular formula is C11H15NO3. The molecule has 1 unspecified atom stereocenters. The summed E-state index contributed by atoms with van der Waals surface area (Å²) in [5.74, 6) is -0.0800. The van der Waals surface area contributed by atoms with Crippen molar-refractivity contribution in [3.05, 3.63) is 36.3 Å². The summed E-state index contributed by atoms with van der Waals surface area (Å²) in [7, 11) is 0. The Morgan fingerprint density at radius 1 is 1.73 bits per heavy atom. The Bertz CT molecular complexity index is 330. The summed E-state index contributed by atoms with van der Waals surface area (Å²) in [6.07, 6.45) is 2.36. The van der Waals surface area contributed by atoms with Gasteiger partial charge >= 0.3 is 5.97 Å². The number of hydrogen-bond donors (Lipinski definition) is 2. The van der Waals surface area contributed by atoms with Crippen molar-refractivity contribution in [2.75, 3.05) is 6.54 Å². The Balaban J connectivity index is 2.28. The summed E-state index contributed by atoms with van der Waals surface area (Å²) in [6, 6.07) is 3.88. The number of aliphatic carboxylic acids is 1. The molecular weight excluding hydrogens is 194 g/mol. The van der Waals surface area contributed by atoms with Crippen molar-refractivity contribution < 1.29 is 14.3 Å². The van der Waals surface area contributed by atoms with Crippen molar-refractivity contribution in [2.45, 2.75) is 19.4 Å². The first kappa shape index (κ1) is 11.5. The molecule has 0 aromatic carbocycles. The maximum Gasteiger partial charge on any atom is 0.332 e. The Morgan fingerprint density at radius 3 is 3.00 bits per heavy atom. The highest BCUT2D eigenvalue weighted by atomic mass is 16.4. The molecule has 2 N–H and O–H groups in total. The molecule has 0 saturated heterocycles. The average Bonchev–Trinajstić information content (AvgIpc) is 2.66. The van der Waals surface area contributed by atoms with Crippen LogP contribution in [0.3, 0.4) is 0 Å². The van der Waals surface area contributed by atoms with E-state index in [-0.39, 0.29) is 18.2 Å². The predicted molar refractivity (Wildman–Crippen MR) is 56.7 cm³/mol. The van der Waals surface area contributed by atoms with Crippen LogP contribution >= 0.6 is 0 Å². The molecule has 4 heteroatoms. The molecule has 0 fully saturated rings. The van der Waals surface area contributed by atoms with Gasteiger partial charge in [0, 0.05) is 24.6 Å². The van der Waals surface area contributed by atoms with E-state index in [2.05, 4.69) is 11.9 Å². The first-order valence-electron chi connectivity index (χ1n) is 4.76. The topological polar surface area (TPSA) is 62.5 Å². The Labute approximate surface area is 88.6 Å². The fourth-order valence-electron chi connectivity index (χ4n) is 1.18. The Kier molecular flexibility index (Phi) is 4.12. The van der Waals surface area contributed by atoms with Gasteiger partial charge in [-0.1, -0.05) is 6.58 Å². The fraction of sp³-hybridized carbons (Fsp3) is 0.364. The van der Waals surface area contributed by atoms with Crippen molar-refractivity contribution in [1.29, 1.82) is 0 Å². The molecule has 1 aromatic heterocycles. The molecule has 1 rings (SSSR count). The lowest BCUT2D eigenvalue weighted by molar-refractivity contribution is -0.132. The standard InChI is InChI=1S/C11H15NO3/c1-8(11(13)14)7-12-9(2)6-10-4-3-5-15-10/h3-5,9,12H,1,6-7H2,2H3,(H,13,14). The van der Waals surface area contributed by atoms with Gasteiger partial charge in [0.2, 0.25) is 0 Å². The van der Waals surface area contributed by atoms with Crippen molar-refractivity contribution in [3.63, 3.8) is 0 Å². The zero-order chi connectivity index (χ0) is 11.3. The third-order valence-electron chi connectivity index (χ3n) is 2.05. The number of rotatable bonds is 6. The maximum atomic E-state index is 10.5. The van der Waals surface area contributed by atoms with E-state index in [1.54, 1.807) is 6.26 Å². The number of carboxylic acids is 1. The fourth-order valence-corrected chi connectivity index (χ4v) is 1.18. The van der Waals surface area contributed by atoms with Crippen LogP contribution in [0.1, 0.15) is 12.7 Å². The van der Waals surface area contributed by atoms with Gasteiger partial charge in [0.1, 0.15) is 5.76 Å². The van der Waals surface area contributed by atoms with Crippen molar-refractivity contribution in [3.8, 4) is 0 Å². The van der Waals surface area contributed by atoms with Gasteiger partial charge in [-0.25, -0.2) is 4.79 Å². The van der Waals surface area contributed by atoms with E-state index in [0.717, 1.165) is 12.2 Å². The second kappa shape index (κ2) is 5.36. The minimum absolute atomic E-state index is 0.159. The van der Waals surface area contributed by atoms with Crippen molar-refractivity contribution in [2.24, 2.45) is 0 Å². The van der Waals surface area contributed by atoms with Gasteiger partial charge in [-0.3, -0.25) is 0 Å². The van der Waals surface area contributed by atoms with Gasteiger partial charge in [0.25, 0.3) is 0 Å². The Hall–Kier alpha value is -1.55. The molecule has 4 nitrogen and oxygen atoms in total. The van der Waals surface area contributed by atoms with E-state index in [1.165, 1.54) is 0 Å². The second-order valence-electron chi connectivity index (χ2n) is 3.47. The van der Waals surface area contributed by atoms with Gasteiger partial charge in [0.15, 0.2) is 0 Å².